The van der Waals surface area contributed by atoms with Gasteiger partial charge in [0.2, 0.25) is 0 Å². The van der Waals surface area contributed by atoms with Crippen molar-refractivity contribution in [3.05, 3.63) is 41.8 Å². The molecule has 1 N–H and O–H groups in total. The maximum Gasteiger partial charge on any atom is 0.360 e. The van der Waals surface area contributed by atoms with Crippen molar-refractivity contribution in [2.24, 2.45) is 0 Å². The molecule has 1 unspecified atom stereocenters. The number of benzene rings is 1. The summed E-state index contributed by atoms with van der Waals surface area (Å²) in [6, 6.07) is 6.89. The van der Waals surface area contributed by atoms with Gasteiger partial charge in [-0.1, -0.05) is 17.3 Å². The molecule has 1 aromatic carbocycles. The number of para-hydroxylation sites is 1. The Morgan fingerprint density at radius 3 is 2.92 bits per heavy atom. The van der Waals surface area contributed by atoms with Gasteiger partial charge in [-0.2, -0.15) is 0 Å². The van der Waals surface area contributed by atoms with E-state index in [0.717, 1.165) is 13.2 Å². The van der Waals surface area contributed by atoms with Crippen molar-refractivity contribution in [2.45, 2.75) is 17.6 Å². The van der Waals surface area contributed by atoms with Crippen molar-refractivity contribution in [3.8, 4) is 0 Å². The van der Waals surface area contributed by atoms with Gasteiger partial charge in [0, 0.05) is 25.2 Å². The van der Waals surface area contributed by atoms with E-state index in [2.05, 4.69) is 14.6 Å². The van der Waals surface area contributed by atoms with E-state index in [-0.39, 0.29) is 11.5 Å². The van der Waals surface area contributed by atoms with E-state index >= 15 is 0 Å². The lowest BCUT2D eigenvalue weighted by Crippen LogP contribution is -2.37. The van der Waals surface area contributed by atoms with Crippen LogP contribution >= 0.6 is 0 Å². The first kappa shape index (κ1) is 17.4. The van der Waals surface area contributed by atoms with Gasteiger partial charge in [0.15, 0.2) is 5.69 Å². The third kappa shape index (κ3) is 3.64. The van der Waals surface area contributed by atoms with Crippen molar-refractivity contribution in [1.82, 2.24) is 9.88 Å². The predicted molar refractivity (Wildman–Crippen MR) is 85.2 cm³/mol. The Balaban J connectivity index is 1.69. The Hall–Kier alpha value is -2.46. The molecule has 0 bridgehead atoms. The van der Waals surface area contributed by atoms with Crippen LogP contribution in [-0.2, 0) is 14.8 Å². The second-order valence-corrected chi connectivity index (χ2v) is 7.17. The first-order valence-corrected chi connectivity index (χ1v) is 8.96. The summed E-state index contributed by atoms with van der Waals surface area (Å²) in [7, 11) is -2.84. The summed E-state index contributed by atoms with van der Waals surface area (Å²) in [5.41, 5.74) is 0.194. The number of hydrogen-bond acceptors (Lipinski definition) is 7. The minimum absolute atomic E-state index is 0.234. The van der Waals surface area contributed by atoms with E-state index in [0.29, 0.717) is 25.2 Å². The normalized spacial score (nSPS) is 17.7. The summed E-state index contributed by atoms with van der Waals surface area (Å²) in [5.74, 6) is -1.15. The summed E-state index contributed by atoms with van der Waals surface area (Å²) >= 11 is 0. The van der Waals surface area contributed by atoms with E-state index in [9.17, 15) is 17.6 Å². The van der Waals surface area contributed by atoms with Gasteiger partial charge in [-0.25, -0.2) is 22.3 Å². The first-order valence-electron chi connectivity index (χ1n) is 7.47. The van der Waals surface area contributed by atoms with Crippen LogP contribution in [0.5, 0.6) is 0 Å². The molecule has 1 saturated heterocycles. The summed E-state index contributed by atoms with van der Waals surface area (Å²) < 4.78 is 50.2. The standard InChI is InChI=1S/C15H16FN3O5S/c1-23-15(20)12-8-14(24-17-12)25(21,22)18-10-6-7-19(9-10)13-5-3-2-4-11(13)16/h2-5,8,10,18H,6-7,9H2,1H3. The van der Waals surface area contributed by atoms with Crippen molar-refractivity contribution < 1.29 is 26.9 Å². The van der Waals surface area contributed by atoms with Gasteiger partial charge in [0.25, 0.3) is 15.1 Å². The second kappa shape index (κ2) is 6.81. The molecule has 10 heteroatoms. The van der Waals surface area contributed by atoms with Gasteiger partial charge in [-0.3, -0.25) is 0 Å². The number of halogens is 1. The maximum absolute atomic E-state index is 13.8. The number of carbonyl (C=O) groups is 1. The Bertz CT molecular complexity index is 883. The van der Waals surface area contributed by atoms with Crippen molar-refractivity contribution in [1.29, 1.82) is 0 Å². The highest BCUT2D eigenvalue weighted by Gasteiger charge is 2.31. The van der Waals surface area contributed by atoms with Crippen molar-refractivity contribution in [2.75, 3.05) is 25.1 Å². The molecule has 25 heavy (non-hydrogen) atoms. The van der Waals surface area contributed by atoms with Crippen LogP contribution in [0.2, 0.25) is 0 Å². The molecular weight excluding hydrogens is 353 g/mol. The van der Waals surface area contributed by atoms with Gasteiger partial charge in [-0.05, 0) is 18.6 Å². The molecule has 1 aliphatic heterocycles. The second-order valence-electron chi connectivity index (χ2n) is 5.53. The number of anilines is 1. The van der Waals surface area contributed by atoms with E-state index in [1.807, 2.05) is 0 Å². The Labute approximate surface area is 143 Å². The van der Waals surface area contributed by atoms with E-state index in [4.69, 9.17) is 4.52 Å². The Morgan fingerprint density at radius 1 is 1.44 bits per heavy atom. The number of rotatable bonds is 5. The van der Waals surface area contributed by atoms with E-state index in [1.54, 1.807) is 23.1 Å². The van der Waals surface area contributed by atoms with Crippen LogP contribution in [0.25, 0.3) is 0 Å². The molecule has 1 aromatic heterocycles. The van der Waals surface area contributed by atoms with Crippen LogP contribution in [0.1, 0.15) is 16.9 Å². The Morgan fingerprint density at radius 2 is 2.20 bits per heavy atom. The number of esters is 1. The van der Waals surface area contributed by atoms with Crippen LogP contribution in [0.3, 0.4) is 0 Å². The molecule has 2 aromatic rings. The van der Waals surface area contributed by atoms with E-state index < -0.39 is 27.1 Å². The molecule has 1 fully saturated rings. The van der Waals surface area contributed by atoms with Gasteiger partial charge in [-0.15, -0.1) is 0 Å². The lowest BCUT2D eigenvalue weighted by molar-refractivity contribution is 0.0588. The van der Waals surface area contributed by atoms with Gasteiger partial charge in [0.1, 0.15) is 5.82 Å². The summed E-state index contributed by atoms with van der Waals surface area (Å²) in [4.78, 5) is 13.1. The van der Waals surface area contributed by atoms with Gasteiger partial charge in [0.05, 0.1) is 12.8 Å². The fraction of sp³-hybridized carbons (Fsp3) is 0.333. The molecule has 3 rings (SSSR count). The summed E-state index contributed by atoms with van der Waals surface area (Å²) in [6.45, 7) is 0.829. The molecule has 0 saturated carbocycles. The zero-order valence-electron chi connectivity index (χ0n) is 13.3. The zero-order valence-corrected chi connectivity index (χ0v) is 14.1. The topological polar surface area (TPSA) is 102 Å². The Kier molecular flexibility index (Phi) is 4.73. The molecule has 1 aliphatic rings. The SMILES string of the molecule is COC(=O)c1cc(S(=O)(=O)NC2CCN(c3ccccc3F)C2)on1. The highest BCUT2D eigenvalue weighted by Crippen LogP contribution is 2.24. The lowest BCUT2D eigenvalue weighted by atomic mass is 10.3. The van der Waals surface area contributed by atoms with Crippen molar-refractivity contribution >= 4 is 21.7 Å². The number of sulfonamides is 1. The number of nitrogens with zero attached hydrogens (tertiary/aromatic N) is 2. The van der Waals surface area contributed by atoms with Crippen LogP contribution in [0.4, 0.5) is 10.1 Å². The lowest BCUT2D eigenvalue weighted by Gasteiger charge is -2.19. The predicted octanol–water partition coefficient (Wildman–Crippen LogP) is 1.16. The highest BCUT2D eigenvalue weighted by molar-refractivity contribution is 7.89. The maximum atomic E-state index is 13.8. The third-order valence-corrected chi connectivity index (χ3v) is 5.22. The molecule has 1 atom stereocenters. The molecule has 0 radical (unpaired) electrons. The summed E-state index contributed by atoms with van der Waals surface area (Å²) in [6.07, 6.45) is 0.506. The quantitative estimate of drug-likeness (QED) is 0.789. The monoisotopic (exact) mass is 369 g/mol. The highest BCUT2D eigenvalue weighted by atomic mass is 32.2. The molecule has 2 heterocycles. The molecule has 0 aliphatic carbocycles. The number of methoxy groups -OCH3 is 1. The molecule has 0 spiro atoms. The number of carbonyl (C=O) groups excluding carboxylic acids is 1. The van der Waals surface area contributed by atoms with Crippen LogP contribution in [0, 0.1) is 5.82 Å². The average Bonchev–Trinajstić information content (AvgIpc) is 3.24. The zero-order chi connectivity index (χ0) is 18.0. The minimum atomic E-state index is -3.99. The molecule has 0 amide bonds. The van der Waals surface area contributed by atoms with Crippen LogP contribution in [-0.4, -0.2) is 45.8 Å². The first-order chi connectivity index (χ1) is 11.9. The van der Waals surface area contributed by atoms with E-state index in [1.165, 1.54) is 6.07 Å². The smallest absolute Gasteiger partial charge is 0.360 e. The minimum Gasteiger partial charge on any atom is -0.464 e. The number of ether oxygens (including phenoxy) is 1. The average molecular weight is 369 g/mol. The summed E-state index contributed by atoms with van der Waals surface area (Å²) in [5, 5.41) is 2.90. The largest absolute Gasteiger partial charge is 0.464 e. The van der Waals surface area contributed by atoms with Crippen LogP contribution in [0.15, 0.2) is 39.9 Å². The third-order valence-electron chi connectivity index (χ3n) is 3.85. The molecule has 8 nitrogen and oxygen atoms in total. The van der Waals surface area contributed by atoms with Crippen molar-refractivity contribution in [3.63, 3.8) is 0 Å². The van der Waals surface area contributed by atoms with Gasteiger partial charge < -0.3 is 14.2 Å². The number of hydrogen-bond donors (Lipinski definition) is 1. The number of nitrogens with one attached hydrogen (secondary N) is 1. The van der Waals surface area contributed by atoms with Crippen LogP contribution < -0.4 is 9.62 Å². The van der Waals surface area contributed by atoms with Gasteiger partial charge >= 0.3 is 5.97 Å². The molecular formula is C15H16FN3O5S. The number of aromatic nitrogens is 1. The fourth-order valence-electron chi connectivity index (χ4n) is 2.65. The molecule has 134 valence electrons. The fourth-order valence-corrected chi connectivity index (χ4v) is 3.80.